The first-order chi connectivity index (χ1) is 13.2. The van der Waals surface area contributed by atoms with Gasteiger partial charge in [-0.15, -0.1) is 0 Å². The molecule has 0 radical (unpaired) electrons. The van der Waals surface area contributed by atoms with E-state index >= 15 is 0 Å². The van der Waals surface area contributed by atoms with E-state index in [4.69, 9.17) is 9.47 Å². The maximum Gasteiger partial charge on any atom is 0.337 e. The number of aryl methyl sites for hydroxylation is 1. The number of esters is 2. The highest BCUT2D eigenvalue weighted by atomic mass is 16.6. The van der Waals surface area contributed by atoms with Gasteiger partial charge in [-0.25, -0.2) is 4.79 Å². The molecule has 1 heterocycles. The second-order valence-electron chi connectivity index (χ2n) is 8.35. The van der Waals surface area contributed by atoms with Gasteiger partial charge in [0, 0.05) is 12.8 Å². The van der Waals surface area contributed by atoms with Gasteiger partial charge in [-0.05, 0) is 57.9 Å². The van der Waals surface area contributed by atoms with E-state index in [1.165, 1.54) is 5.56 Å². The Morgan fingerprint density at radius 1 is 1.25 bits per heavy atom. The number of carbonyl (C=O) groups is 2. The van der Waals surface area contributed by atoms with Crippen LogP contribution in [0, 0.1) is 5.92 Å². The van der Waals surface area contributed by atoms with E-state index in [0.717, 1.165) is 19.3 Å². The average molecular weight is 389 g/mol. The molecule has 0 spiro atoms. The zero-order valence-corrected chi connectivity index (χ0v) is 17.4. The molecule has 0 saturated carbocycles. The quantitative estimate of drug-likeness (QED) is 0.642. The van der Waals surface area contributed by atoms with Gasteiger partial charge in [0.05, 0.1) is 5.57 Å². The summed E-state index contributed by atoms with van der Waals surface area (Å²) < 4.78 is 10.9. The molecule has 5 heteroatoms. The van der Waals surface area contributed by atoms with E-state index in [2.05, 4.69) is 19.1 Å². The third-order valence-electron chi connectivity index (χ3n) is 4.94. The highest BCUT2D eigenvalue weighted by molar-refractivity contribution is 5.90. The molecule has 0 aromatic heterocycles. The van der Waals surface area contributed by atoms with Crippen LogP contribution in [0.1, 0.15) is 65.4 Å². The molecule has 0 saturated heterocycles. The number of cyclic esters (lactones) is 1. The largest absolute Gasteiger partial charge is 0.512 e. The maximum absolute atomic E-state index is 12.4. The number of ether oxygens (including phenoxy) is 2. The Morgan fingerprint density at radius 2 is 1.93 bits per heavy atom. The number of aliphatic hydroxyl groups excluding tert-OH is 1. The lowest BCUT2D eigenvalue weighted by molar-refractivity contribution is -0.155. The number of hydrogen-bond donors (Lipinski definition) is 1. The summed E-state index contributed by atoms with van der Waals surface area (Å²) in [5.74, 6) is -0.686. The Bertz CT molecular complexity index is 699. The molecule has 1 aliphatic heterocycles. The van der Waals surface area contributed by atoms with E-state index in [0.29, 0.717) is 6.42 Å². The van der Waals surface area contributed by atoms with Crippen molar-refractivity contribution >= 4 is 11.9 Å². The van der Waals surface area contributed by atoms with Crippen molar-refractivity contribution in [2.24, 2.45) is 5.92 Å². The summed E-state index contributed by atoms with van der Waals surface area (Å²) >= 11 is 0. The summed E-state index contributed by atoms with van der Waals surface area (Å²) in [6.45, 7) is 7.45. The van der Waals surface area contributed by atoms with Crippen molar-refractivity contribution in [3.05, 3.63) is 47.2 Å². The number of carbonyl (C=O) groups excluding carboxylic acids is 2. The molecule has 0 fully saturated rings. The number of benzene rings is 1. The van der Waals surface area contributed by atoms with Gasteiger partial charge in [0.25, 0.3) is 0 Å². The van der Waals surface area contributed by atoms with Crippen molar-refractivity contribution < 1.29 is 24.2 Å². The van der Waals surface area contributed by atoms with Crippen LogP contribution >= 0.6 is 0 Å². The molecular weight excluding hydrogens is 356 g/mol. The second kappa shape index (κ2) is 9.76. The van der Waals surface area contributed by atoms with Gasteiger partial charge in [-0.2, -0.15) is 0 Å². The van der Waals surface area contributed by atoms with Crippen molar-refractivity contribution in [3.8, 4) is 0 Å². The maximum atomic E-state index is 12.4. The third-order valence-corrected chi connectivity index (χ3v) is 4.94. The minimum atomic E-state index is -0.571. The van der Waals surface area contributed by atoms with E-state index in [1.807, 2.05) is 18.2 Å². The molecule has 5 nitrogen and oxygen atoms in total. The number of rotatable bonds is 8. The topological polar surface area (TPSA) is 72.8 Å². The molecular formula is C23H32O5. The summed E-state index contributed by atoms with van der Waals surface area (Å²) in [6, 6.07) is 10.2. The molecule has 2 rings (SSSR count). The van der Waals surface area contributed by atoms with Gasteiger partial charge in [0.15, 0.2) is 0 Å². The Hall–Kier alpha value is -2.30. The normalized spacial score (nSPS) is 18.6. The summed E-state index contributed by atoms with van der Waals surface area (Å²) in [7, 11) is 0. The van der Waals surface area contributed by atoms with Gasteiger partial charge in [0.1, 0.15) is 17.5 Å². The fourth-order valence-electron chi connectivity index (χ4n) is 3.46. The molecule has 2 atom stereocenters. The van der Waals surface area contributed by atoms with Crippen LogP contribution in [-0.2, 0) is 25.5 Å². The first kappa shape index (κ1) is 22.0. The Balaban J connectivity index is 1.94. The predicted molar refractivity (Wildman–Crippen MR) is 108 cm³/mol. The van der Waals surface area contributed by atoms with Crippen LogP contribution in [0.5, 0.6) is 0 Å². The molecule has 1 aromatic carbocycles. The monoisotopic (exact) mass is 388 g/mol. The molecule has 1 unspecified atom stereocenters. The highest BCUT2D eigenvalue weighted by Gasteiger charge is 2.33. The van der Waals surface area contributed by atoms with Crippen molar-refractivity contribution in [3.63, 3.8) is 0 Å². The summed E-state index contributed by atoms with van der Waals surface area (Å²) in [6.07, 6.45) is 2.82. The lowest BCUT2D eigenvalue weighted by atomic mass is 9.87. The van der Waals surface area contributed by atoms with Crippen LogP contribution < -0.4 is 0 Å². The average Bonchev–Trinajstić information content (AvgIpc) is 2.61. The van der Waals surface area contributed by atoms with Crippen LogP contribution in [0.2, 0.25) is 0 Å². The molecule has 154 valence electrons. The molecule has 1 aliphatic rings. The summed E-state index contributed by atoms with van der Waals surface area (Å²) in [4.78, 5) is 24.3. The van der Waals surface area contributed by atoms with Crippen molar-refractivity contribution in [1.29, 1.82) is 0 Å². The lowest BCUT2D eigenvalue weighted by Gasteiger charge is -2.30. The van der Waals surface area contributed by atoms with Crippen LogP contribution in [-0.4, -0.2) is 28.8 Å². The van der Waals surface area contributed by atoms with Crippen LogP contribution in [0.4, 0.5) is 0 Å². The van der Waals surface area contributed by atoms with Crippen LogP contribution in [0.15, 0.2) is 41.7 Å². The van der Waals surface area contributed by atoms with Crippen LogP contribution in [0.25, 0.3) is 0 Å². The molecule has 1 aromatic rings. The van der Waals surface area contributed by atoms with Gasteiger partial charge in [-0.3, -0.25) is 4.79 Å². The van der Waals surface area contributed by atoms with Gasteiger partial charge < -0.3 is 14.6 Å². The minimum Gasteiger partial charge on any atom is -0.512 e. The summed E-state index contributed by atoms with van der Waals surface area (Å²) in [5, 5.41) is 10.4. The van der Waals surface area contributed by atoms with Crippen molar-refractivity contribution in [1.82, 2.24) is 0 Å². The zero-order chi connectivity index (χ0) is 20.7. The fourth-order valence-corrected chi connectivity index (χ4v) is 3.46. The Morgan fingerprint density at radius 3 is 2.50 bits per heavy atom. The Kier molecular flexibility index (Phi) is 7.67. The van der Waals surface area contributed by atoms with Gasteiger partial charge >= 0.3 is 11.9 Å². The van der Waals surface area contributed by atoms with E-state index in [9.17, 15) is 14.7 Å². The predicted octanol–water partition coefficient (Wildman–Crippen LogP) is 4.89. The van der Waals surface area contributed by atoms with E-state index in [1.54, 1.807) is 20.8 Å². The van der Waals surface area contributed by atoms with E-state index in [-0.39, 0.29) is 36.2 Å². The first-order valence-corrected chi connectivity index (χ1v) is 10.1. The smallest absolute Gasteiger partial charge is 0.337 e. The van der Waals surface area contributed by atoms with Gasteiger partial charge in [0.2, 0.25) is 0 Å². The molecule has 28 heavy (non-hydrogen) atoms. The molecule has 0 aliphatic carbocycles. The van der Waals surface area contributed by atoms with E-state index < -0.39 is 17.5 Å². The van der Waals surface area contributed by atoms with Crippen molar-refractivity contribution in [2.75, 3.05) is 0 Å². The zero-order valence-electron chi connectivity index (χ0n) is 17.4. The lowest BCUT2D eigenvalue weighted by Crippen LogP contribution is -2.33. The minimum absolute atomic E-state index is 0.0433. The summed E-state index contributed by atoms with van der Waals surface area (Å²) in [5.41, 5.74) is 0.875. The van der Waals surface area contributed by atoms with Crippen LogP contribution in [0.3, 0.4) is 0 Å². The second-order valence-corrected chi connectivity index (χ2v) is 8.35. The molecule has 1 N–H and O–H groups in total. The molecule has 0 amide bonds. The van der Waals surface area contributed by atoms with Crippen molar-refractivity contribution in [2.45, 2.75) is 77.9 Å². The SMILES string of the molecule is CCC(CCc1ccccc1)[C@H]1CC(O)=C(CCC(=O)OC(C)(C)C)C(=O)O1. The standard InChI is InChI=1S/C23H32O5/c1-5-17(12-11-16-9-7-6-8-10-16)20-15-19(24)18(22(26)27-20)13-14-21(25)28-23(2,3)4/h6-10,17,20,24H,5,11-15H2,1-4H3/t17?,20-/m1/s1. The molecule has 0 bridgehead atoms. The highest BCUT2D eigenvalue weighted by Crippen LogP contribution is 2.31. The Labute approximate surface area is 167 Å². The first-order valence-electron chi connectivity index (χ1n) is 10.1. The number of aliphatic hydroxyl groups is 1. The third kappa shape index (κ3) is 6.70. The number of hydrogen-bond acceptors (Lipinski definition) is 5. The fraction of sp³-hybridized carbons (Fsp3) is 0.565. The van der Waals surface area contributed by atoms with Gasteiger partial charge in [-0.1, -0.05) is 37.3 Å².